The van der Waals surface area contributed by atoms with Gasteiger partial charge in [-0.15, -0.1) is 0 Å². The lowest BCUT2D eigenvalue weighted by atomic mass is 10.1. The zero-order valence-electron chi connectivity index (χ0n) is 15.0. The minimum absolute atomic E-state index is 0.515. The molecule has 0 radical (unpaired) electrons. The van der Waals surface area contributed by atoms with Crippen molar-refractivity contribution in [2.24, 2.45) is 0 Å². The van der Waals surface area contributed by atoms with E-state index in [0.717, 1.165) is 29.0 Å². The summed E-state index contributed by atoms with van der Waals surface area (Å²) >= 11 is 0. The van der Waals surface area contributed by atoms with Gasteiger partial charge in [-0.3, -0.25) is 9.97 Å². The average molecular weight is 362 g/mol. The van der Waals surface area contributed by atoms with Gasteiger partial charge in [0.05, 0.1) is 23.8 Å². The fourth-order valence-electron chi connectivity index (χ4n) is 2.85. The number of rotatable bonds is 6. The molecule has 0 aliphatic carbocycles. The van der Waals surface area contributed by atoms with Crippen LogP contribution in [0.5, 0.6) is 0 Å². The highest BCUT2D eigenvalue weighted by Gasteiger charge is 2.15. The average Bonchev–Trinajstić information content (AvgIpc) is 3.34. The summed E-state index contributed by atoms with van der Waals surface area (Å²) in [6.07, 6.45) is 9.05. The molecule has 0 aliphatic heterocycles. The van der Waals surface area contributed by atoms with Crippen LogP contribution < -0.4 is 5.32 Å². The highest BCUT2D eigenvalue weighted by molar-refractivity contribution is 5.76. The van der Waals surface area contributed by atoms with Gasteiger partial charge in [-0.2, -0.15) is 0 Å². The molecule has 0 saturated heterocycles. The smallest absolute Gasteiger partial charge is 0.223 e. The molecule has 0 saturated carbocycles. The largest absolute Gasteiger partial charge is 0.463 e. The number of nitrogens with zero attached hydrogens (tertiary/aromatic N) is 5. The maximum atomic E-state index is 5.54. The van der Waals surface area contributed by atoms with Crippen LogP contribution in [0.1, 0.15) is 17.0 Å². The summed E-state index contributed by atoms with van der Waals surface area (Å²) in [5, 5.41) is 7.22. The van der Waals surface area contributed by atoms with Gasteiger partial charge in [0.25, 0.3) is 0 Å². The molecule has 8 nitrogen and oxygen atoms in total. The summed E-state index contributed by atoms with van der Waals surface area (Å²) in [7, 11) is 0. The number of hydrogen-bond donors (Lipinski definition) is 1. The maximum absolute atomic E-state index is 5.54. The lowest BCUT2D eigenvalue weighted by Crippen LogP contribution is -2.09. The summed E-state index contributed by atoms with van der Waals surface area (Å²) in [4.78, 5) is 17.5. The molecule has 4 heterocycles. The zero-order valence-corrected chi connectivity index (χ0v) is 15.0. The van der Waals surface area contributed by atoms with E-state index < -0.39 is 0 Å². The van der Waals surface area contributed by atoms with E-state index in [1.165, 1.54) is 0 Å². The van der Waals surface area contributed by atoms with E-state index >= 15 is 0 Å². The molecule has 4 aromatic rings. The first-order chi connectivity index (χ1) is 13.2. The Hall–Kier alpha value is -3.55. The number of aryl methyl sites for hydroxylation is 2. The molecule has 8 heteroatoms. The van der Waals surface area contributed by atoms with E-state index in [1.807, 2.05) is 26.0 Å². The van der Waals surface area contributed by atoms with Crippen LogP contribution in [0.4, 0.5) is 5.95 Å². The standard InChI is InChI=1S/C19H18N6O2/c1-12-14(13(2)27-25-12)5-6-22-19-23-10-15(16-11-20-7-8-21-16)18(24-19)17-4-3-9-26-17/h3-4,7-11H,5-6H2,1-2H3,(H,22,23,24). The third kappa shape index (κ3) is 3.55. The van der Waals surface area contributed by atoms with Crippen LogP contribution in [0.3, 0.4) is 0 Å². The van der Waals surface area contributed by atoms with E-state index in [2.05, 4.69) is 30.4 Å². The Kier molecular flexibility index (Phi) is 4.61. The monoisotopic (exact) mass is 362 g/mol. The number of aromatic nitrogens is 5. The van der Waals surface area contributed by atoms with Gasteiger partial charge < -0.3 is 14.3 Å². The molecule has 0 aromatic carbocycles. The van der Waals surface area contributed by atoms with E-state index in [-0.39, 0.29) is 0 Å². The molecule has 4 rings (SSSR count). The molecule has 0 bridgehead atoms. The Morgan fingerprint density at radius 3 is 2.74 bits per heavy atom. The molecule has 0 spiro atoms. The van der Waals surface area contributed by atoms with Crippen molar-refractivity contribution in [2.75, 3.05) is 11.9 Å². The van der Waals surface area contributed by atoms with Crippen LogP contribution in [-0.4, -0.2) is 31.6 Å². The van der Waals surface area contributed by atoms with Crippen molar-refractivity contribution in [3.8, 4) is 22.7 Å². The third-order valence-electron chi connectivity index (χ3n) is 4.22. The predicted molar refractivity (Wildman–Crippen MR) is 98.9 cm³/mol. The van der Waals surface area contributed by atoms with E-state index in [4.69, 9.17) is 8.94 Å². The Labute approximate surface area is 155 Å². The van der Waals surface area contributed by atoms with Crippen LogP contribution in [0.15, 0.2) is 52.1 Å². The molecule has 4 aromatic heterocycles. The van der Waals surface area contributed by atoms with Gasteiger partial charge in [-0.1, -0.05) is 5.16 Å². The van der Waals surface area contributed by atoms with Crippen molar-refractivity contribution in [3.63, 3.8) is 0 Å². The highest BCUT2D eigenvalue weighted by atomic mass is 16.5. The second-order valence-corrected chi connectivity index (χ2v) is 6.00. The first-order valence-electron chi connectivity index (χ1n) is 8.55. The van der Waals surface area contributed by atoms with E-state index in [0.29, 0.717) is 29.6 Å². The fraction of sp³-hybridized carbons (Fsp3) is 0.211. The molecule has 27 heavy (non-hydrogen) atoms. The van der Waals surface area contributed by atoms with Gasteiger partial charge in [0.15, 0.2) is 5.76 Å². The Morgan fingerprint density at radius 2 is 2.04 bits per heavy atom. The highest BCUT2D eigenvalue weighted by Crippen LogP contribution is 2.29. The van der Waals surface area contributed by atoms with Crippen LogP contribution in [0.2, 0.25) is 0 Å². The van der Waals surface area contributed by atoms with Crippen LogP contribution in [0, 0.1) is 13.8 Å². The summed E-state index contributed by atoms with van der Waals surface area (Å²) in [5.74, 6) is 2.00. The first-order valence-corrected chi connectivity index (χ1v) is 8.55. The van der Waals surface area contributed by atoms with Gasteiger partial charge in [-0.25, -0.2) is 9.97 Å². The van der Waals surface area contributed by atoms with E-state index in [1.54, 1.807) is 31.1 Å². The first kappa shape index (κ1) is 16.9. The fourth-order valence-corrected chi connectivity index (χ4v) is 2.85. The molecular weight excluding hydrogens is 344 g/mol. The van der Waals surface area contributed by atoms with E-state index in [9.17, 15) is 0 Å². The SMILES string of the molecule is Cc1noc(C)c1CCNc1ncc(-c2cnccn2)c(-c2ccco2)n1. The lowest BCUT2D eigenvalue weighted by Gasteiger charge is -2.09. The maximum Gasteiger partial charge on any atom is 0.223 e. The predicted octanol–water partition coefficient (Wildman–Crippen LogP) is 3.45. The lowest BCUT2D eigenvalue weighted by molar-refractivity contribution is 0.392. The summed E-state index contributed by atoms with van der Waals surface area (Å²) in [6, 6.07) is 3.68. The molecule has 1 N–H and O–H groups in total. The van der Waals surface area contributed by atoms with Crippen molar-refractivity contribution in [3.05, 3.63) is 60.2 Å². The second kappa shape index (κ2) is 7.36. The van der Waals surface area contributed by atoms with Crippen molar-refractivity contribution in [1.29, 1.82) is 0 Å². The summed E-state index contributed by atoms with van der Waals surface area (Å²) in [6.45, 7) is 4.51. The third-order valence-corrected chi connectivity index (χ3v) is 4.22. The Balaban J connectivity index is 1.59. The number of hydrogen-bond acceptors (Lipinski definition) is 8. The van der Waals surface area contributed by atoms with Crippen LogP contribution in [-0.2, 0) is 6.42 Å². The molecule has 0 atom stereocenters. The van der Waals surface area contributed by atoms with Crippen LogP contribution >= 0.6 is 0 Å². The van der Waals surface area contributed by atoms with Gasteiger partial charge >= 0.3 is 0 Å². The minimum Gasteiger partial charge on any atom is -0.463 e. The van der Waals surface area contributed by atoms with Gasteiger partial charge in [0.1, 0.15) is 11.5 Å². The molecular formula is C19H18N6O2. The zero-order chi connectivity index (χ0) is 18.6. The van der Waals surface area contributed by atoms with Crippen molar-refractivity contribution in [1.82, 2.24) is 25.1 Å². The molecule has 0 amide bonds. The quantitative estimate of drug-likeness (QED) is 0.556. The minimum atomic E-state index is 0.515. The number of nitrogens with one attached hydrogen (secondary N) is 1. The summed E-state index contributed by atoms with van der Waals surface area (Å²) < 4.78 is 10.7. The normalized spacial score (nSPS) is 10.9. The number of anilines is 1. The van der Waals surface area contributed by atoms with Crippen LogP contribution in [0.25, 0.3) is 22.7 Å². The molecule has 136 valence electrons. The van der Waals surface area contributed by atoms with Crippen molar-refractivity contribution < 1.29 is 8.94 Å². The Morgan fingerprint density at radius 1 is 1.11 bits per heavy atom. The van der Waals surface area contributed by atoms with Crippen molar-refractivity contribution in [2.45, 2.75) is 20.3 Å². The van der Waals surface area contributed by atoms with Gasteiger partial charge in [0, 0.05) is 36.3 Å². The molecule has 0 aliphatic rings. The Bertz CT molecular complexity index is 1010. The second-order valence-electron chi connectivity index (χ2n) is 6.00. The van der Waals surface area contributed by atoms with Gasteiger partial charge in [-0.05, 0) is 32.4 Å². The van der Waals surface area contributed by atoms with Gasteiger partial charge in [0.2, 0.25) is 5.95 Å². The molecule has 0 unspecified atom stereocenters. The topological polar surface area (TPSA) is 103 Å². The summed E-state index contributed by atoms with van der Waals surface area (Å²) in [5.41, 5.74) is 4.12. The van der Waals surface area contributed by atoms with Crippen molar-refractivity contribution >= 4 is 5.95 Å². The molecule has 0 fully saturated rings. The number of furan rings is 1.